The molecule has 26 rings (SSSR count). The van der Waals surface area contributed by atoms with Crippen molar-refractivity contribution in [2.75, 3.05) is 0 Å². The van der Waals surface area contributed by atoms with Crippen LogP contribution in [0.5, 0.6) is 0 Å². The zero-order valence-electron chi connectivity index (χ0n) is 70.4. The van der Waals surface area contributed by atoms with Crippen LogP contribution >= 0.6 is 0 Å². The second-order valence-corrected chi connectivity index (χ2v) is 32.7. The highest BCUT2D eigenvalue weighted by Gasteiger charge is 2.25. The van der Waals surface area contributed by atoms with Gasteiger partial charge < -0.3 is 13.7 Å². The molecule has 0 fully saturated rings. The Hall–Kier alpha value is -18.1. The molecule has 0 spiro atoms. The summed E-state index contributed by atoms with van der Waals surface area (Å²) in [7, 11) is 0. The van der Waals surface area contributed by atoms with Crippen molar-refractivity contribution in [3.8, 4) is 131 Å². The first-order valence-corrected chi connectivity index (χ1v) is 43.8. The number of hydrogen-bond acceptors (Lipinski definition) is 10. The van der Waals surface area contributed by atoms with E-state index in [1.807, 2.05) is 133 Å². The second-order valence-electron chi connectivity index (χ2n) is 32.7. The van der Waals surface area contributed by atoms with E-state index in [1.165, 1.54) is 65.4 Å². The van der Waals surface area contributed by atoms with Crippen molar-refractivity contribution in [1.29, 1.82) is 0 Å². The van der Waals surface area contributed by atoms with E-state index in [0.717, 1.165) is 116 Å². The van der Waals surface area contributed by atoms with E-state index in [-0.39, 0.29) is 0 Å². The fourth-order valence-corrected chi connectivity index (χ4v) is 19.0. The normalized spacial score (nSPS) is 11.7. The van der Waals surface area contributed by atoms with Gasteiger partial charge in [0.1, 0.15) is 11.4 Å². The maximum atomic E-state index is 5.29. The molecule has 0 atom stereocenters. The fourth-order valence-electron chi connectivity index (χ4n) is 19.0. The van der Waals surface area contributed by atoms with Gasteiger partial charge in [0, 0.05) is 106 Å². The zero-order chi connectivity index (χ0) is 86.4. The van der Waals surface area contributed by atoms with Crippen LogP contribution in [0, 0.1) is 0 Å². The van der Waals surface area contributed by atoms with E-state index in [9.17, 15) is 0 Å². The third-order valence-electron chi connectivity index (χ3n) is 25.0. The van der Waals surface area contributed by atoms with Crippen molar-refractivity contribution >= 4 is 109 Å². The van der Waals surface area contributed by atoms with Crippen LogP contribution in [0.3, 0.4) is 0 Å². The van der Waals surface area contributed by atoms with Gasteiger partial charge in [-0.05, 0) is 179 Å². The lowest BCUT2D eigenvalue weighted by Crippen LogP contribution is -2.05. The fraction of sp³-hybridized carbons (Fsp3) is 0. The minimum absolute atomic E-state index is 0.463. The molecule has 0 amide bonds. The van der Waals surface area contributed by atoms with Gasteiger partial charge in [-0.2, -0.15) is 0 Å². The molecule has 131 heavy (non-hydrogen) atoms. The molecular formula is C116H73N15. The molecule has 15 heteroatoms. The summed E-state index contributed by atoms with van der Waals surface area (Å²) in [6.07, 6.45) is 3.58. The number of rotatable bonds is 14. The molecule has 0 aliphatic heterocycles. The highest BCUT2D eigenvalue weighted by atomic mass is 15.2. The lowest BCUT2D eigenvalue weighted by molar-refractivity contribution is 0.975. The van der Waals surface area contributed by atoms with Crippen LogP contribution in [-0.2, 0) is 0 Å². The van der Waals surface area contributed by atoms with Crippen LogP contribution < -0.4 is 0 Å². The molecule has 9 aromatic heterocycles. The van der Waals surface area contributed by atoms with Crippen LogP contribution in [-0.4, -0.2) is 72.7 Å². The van der Waals surface area contributed by atoms with Gasteiger partial charge in [0.25, 0.3) is 0 Å². The molecule has 612 valence electrons. The molecule has 0 radical (unpaired) electrons. The van der Waals surface area contributed by atoms with Crippen molar-refractivity contribution in [3.05, 3.63) is 443 Å². The minimum atomic E-state index is 0.463. The summed E-state index contributed by atoms with van der Waals surface area (Å²) >= 11 is 0. The Kier molecular flexibility index (Phi) is 18.2. The number of hydrogen-bond donors (Lipinski definition) is 0. The smallest absolute Gasteiger partial charge is 0.235 e. The van der Waals surface area contributed by atoms with Gasteiger partial charge in [-0.25, -0.2) is 49.8 Å². The number of fused-ring (bicyclic) bond motifs is 15. The Morgan fingerprint density at radius 1 is 0.137 bits per heavy atom. The van der Waals surface area contributed by atoms with E-state index >= 15 is 0 Å². The number of para-hydroxylation sites is 7. The Morgan fingerprint density at radius 2 is 0.336 bits per heavy atom. The van der Waals surface area contributed by atoms with Crippen LogP contribution in [0.4, 0.5) is 0 Å². The Labute approximate surface area is 750 Å². The molecule has 0 saturated heterocycles. The third-order valence-corrected chi connectivity index (χ3v) is 25.0. The first kappa shape index (κ1) is 75.4. The first-order chi connectivity index (χ1) is 64.9. The van der Waals surface area contributed by atoms with Gasteiger partial charge in [0.2, 0.25) is 11.9 Å². The van der Waals surface area contributed by atoms with Gasteiger partial charge >= 0.3 is 0 Å². The third kappa shape index (κ3) is 13.2. The molecule has 0 bridgehead atoms. The topological polar surface area (TPSA) is 154 Å². The van der Waals surface area contributed by atoms with E-state index < -0.39 is 0 Å². The molecule has 15 nitrogen and oxygen atoms in total. The lowest BCUT2D eigenvalue weighted by atomic mass is 9.98. The highest BCUT2D eigenvalue weighted by molar-refractivity contribution is 6.16. The van der Waals surface area contributed by atoms with E-state index in [0.29, 0.717) is 58.2 Å². The van der Waals surface area contributed by atoms with Crippen molar-refractivity contribution in [1.82, 2.24) is 72.7 Å². The predicted molar refractivity (Wildman–Crippen MR) is 531 cm³/mol. The number of nitrogens with zero attached hydrogens (tertiary/aromatic N) is 15. The summed E-state index contributed by atoms with van der Waals surface area (Å²) in [4.78, 5) is 49.9. The first-order valence-electron chi connectivity index (χ1n) is 43.8. The molecular weight excluding hydrogens is 1600 g/mol. The van der Waals surface area contributed by atoms with Crippen molar-refractivity contribution in [2.45, 2.75) is 0 Å². The van der Waals surface area contributed by atoms with E-state index in [1.54, 1.807) is 12.4 Å². The summed E-state index contributed by atoms with van der Waals surface area (Å²) in [5, 5.41) is 11.7. The summed E-state index contributed by atoms with van der Waals surface area (Å²) in [6.45, 7) is 0. The van der Waals surface area contributed by atoms with Gasteiger partial charge in [-0.15, -0.1) is 0 Å². The minimum Gasteiger partial charge on any atom is -0.309 e. The molecule has 17 aromatic carbocycles. The molecule has 0 saturated carbocycles. The van der Waals surface area contributed by atoms with Gasteiger partial charge in [-0.1, -0.05) is 285 Å². The Balaban J connectivity index is 0.000000147. The SMILES string of the molecule is c1ccc(-c2nc(-c3ccccc3)nc(-c3ccnc(-n4c5ccc(-c6ccc7c(c6)c6ccccc6n7-c6ccccc6)cc5c5cc(-c6ccc7c(c6)c6ccccc6n7-c6ccccc6)ccc54)n3)n2)cc1.c1ccc(-c2nc(-c3ccccc3)nc(-c3ccnc(-n4c5ccccc5c5cc(-c6ccc7c(c6)c6ccccc6n7-c6ccccc6)ccc54)n3)n2)cc1. The van der Waals surface area contributed by atoms with Crippen molar-refractivity contribution in [2.24, 2.45) is 0 Å². The highest BCUT2D eigenvalue weighted by Crippen LogP contribution is 2.44. The average molecular weight is 1680 g/mol. The molecule has 0 aliphatic rings. The van der Waals surface area contributed by atoms with E-state index in [4.69, 9.17) is 49.8 Å². The largest absolute Gasteiger partial charge is 0.309 e. The van der Waals surface area contributed by atoms with Crippen LogP contribution in [0.1, 0.15) is 0 Å². The molecule has 0 aliphatic carbocycles. The maximum Gasteiger partial charge on any atom is 0.235 e. The summed E-state index contributed by atoms with van der Waals surface area (Å²) in [6, 6.07) is 151. The number of benzene rings is 17. The van der Waals surface area contributed by atoms with Crippen LogP contribution in [0.25, 0.3) is 240 Å². The van der Waals surface area contributed by atoms with E-state index in [2.05, 4.69) is 320 Å². The summed E-state index contributed by atoms with van der Waals surface area (Å²) in [5.41, 5.74) is 26.1. The van der Waals surface area contributed by atoms with Crippen molar-refractivity contribution < 1.29 is 0 Å². The monoisotopic (exact) mass is 1680 g/mol. The van der Waals surface area contributed by atoms with Gasteiger partial charge in [0.05, 0.1) is 55.2 Å². The standard InChI is InChI=1S/C67H42N8.C49H31N7/c1-5-17-43(18-6-1)64-70-65(44-19-7-2-8-20-44)72-66(71-64)57-37-38-68-67(69-57)75-62-35-31-47(45-29-33-60-53(39-45)51-25-13-15-27-58(51)73(60)49-21-9-3-10-22-49)41-55(62)56-42-48(32-36-63(56)75)46-30-34-61-54(40-46)52-26-14-16-28-59(52)74(61)50-23-11-4-12-24-50;1-4-14-32(15-5-1)46-52-47(33-16-6-2-7-17-33)54-48(53-46)41-28-29-50-49(51-41)56-43-23-13-11-21-38(43)40-31-35(25-27-45(40)56)34-24-26-44-39(30-34)37-20-10-12-22-42(37)55(44)36-18-8-3-9-19-36/h1-42H;1-31H. The summed E-state index contributed by atoms with van der Waals surface area (Å²) in [5.74, 6) is 4.31. The van der Waals surface area contributed by atoms with Gasteiger partial charge in [0.15, 0.2) is 34.9 Å². The molecule has 9 heterocycles. The Bertz CT molecular complexity index is 8630. The summed E-state index contributed by atoms with van der Waals surface area (Å²) < 4.78 is 11.4. The number of aromatic nitrogens is 15. The lowest BCUT2D eigenvalue weighted by Gasteiger charge is -2.10. The molecule has 0 unspecified atom stereocenters. The zero-order valence-corrected chi connectivity index (χ0v) is 70.4. The predicted octanol–water partition coefficient (Wildman–Crippen LogP) is 27.8. The van der Waals surface area contributed by atoms with Crippen molar-refractivity contribution in [3.63, 3.8) is 0 Å². The Morgan fingerprint density at radius 3 is 0.595 bits per heavy atom. The van der Waals surface area contributed by atoms with Crippen LogP contribution in [0.15, 0.2) is 443 Å². The van der Waals surface area contributed by atoms with Crippen LogP contribution in [0.2, 0.25) is 0 Å². The average Bonchev–Trinajstić information content (AvgIpc) is 1.59. The molecule has 0 N–H and O–H groups in total. The second kappa shape index (κ2) is 31.5. The quantitative estimate of drug-likeness (QED) is 0.103. The maximum absolute atomic E-state index is 5.29. The van der Waals surface area contributed by atoms with Gasteiger partial charge in [-0.3, -0.25) is 9.13 Å². The molecule has 26 aromatic rings.